The molecule has 1 rings (SSSR count). The van der Waals surface area contributed by atoms with Crippen molar-refractivity contribution in [1.29, 1.82) is 0 Å². The van der Waals surface area contributed by atoms with Crippen molar-refractivity contribution >= 4 is 17.7 Å². The normalized spacial score (nSPS) is 12.1. The van der Waals surface area contributed by atoms with Crippen LogP contribution >= 0.6 is 11.8 Å². The van der Waals surface area contributed by atoms with Crippen LogP contribution in [0.2, 0.25) is 0 Å². The number of nitrogens with zero attached hydrogens (tertiary/aromatic N) is 3. The predicted molar refractivity (Wildman–Crippen MR) is 73.6 cm³/mol. The number of ether oxygens (including phenoxy) is 1. The van der Waals surface area contributed by atoms with Crippen LogP contribution in [0.15, 0.2) is 5.16 Å². The molecule has 0 unspecified atom stereocenters. The third-order valence-corrected chi connectivity index (χ3v) is 3.64. The molecule has 0 bridgehead atoms. The fourth-order valence-corrected chi connectivity index (χ4v) is 2.43. The van der Waals surface area contributed by atoms with Crippen LogP contribution in [-0.2, 0) is 16.0 Å². The number of carbonyl (C=O) groups is 1. The van der Waals surface area contributed by atoms with Gasteiger partial charge in [-0.3, -0.25) is 4.79 Å². The summed E-state index contributed by atoms with van der Waals surface area (Å²) in [5, 5.41) is 17.6. The highest BCUT2D eigenvalue weighted by atomic mass is 32.2. The van der Waals surface area contributed by atoms with Crippen molar-refractivity contribution in [3.05, 3.63) is 5.82 Å². The summed E-state index contributed by atoms with van der Waals surface area (Å²) in [5.74, 6) is -0.0600. The molecule has 0 aliphatic heterocycles. The maximum absolute atomic E-state index is 10.6. The third-order valence-electron chi connectivity index (χ3n) is 2.71. The second-order valence-electron chi connectivity index (χ2n) is 5.19. The lowest BCUT2D eigenvalue weighted by Crippen LogP contribution is -2.27. The summed E-state index contributed by atoms with van der Waals surface area (Å²) < 4.78 is 7.37. The van der Waals surface area contributed by atoms with E-state index in [1.807, 2.05) is 32.3 Å². The van der Waals surface area contributed by atoms with Crippen molar-refractivity contribution in [2.24, 2.45) is 0 Å². The lowest BCUT2D eigenvalue weighted by molar-refractivity contribution is -0.133. The highest BCUT2D eigenvalue weighted by Gasteiger charge is 2.24. The van der Waals surface area contributed by atoms with E-state index in [9.17, 15) is 4.79 Å². The Balaban J connectivity index is 2.96. The van der Waals surface area contributed by atoms with E-state index >= 15 is 0 Å². The molecule has 0 radical (unpaired) electrons. The van der Waals surface area contributed by atoms with Crippen LogP contribution in [0.1, 0.15) is 39.6 Å². The summed E-state index contributed by atoms with van der Waals surface area (Å²) in [4.78, 5) is 10.6. The van der Waals surface area contributed by atoms with Crippen molar-refractivity contribution in [3.8, 4) is 0 Å². The summed E-state index contributed by atoms with van der Waals surface area (Å²) in [7, 11) is 1.66. The highest BCUT2D eigenvalue weighted by Crippen LogP contribution is 2.24. The van der Waals surface area contributed by atoms with Crippen molar-refractivity contribution in [3.63, 3.8) is 0 Å². The van der Waals surface area contributed by atoms with Gasteiger partial charge in [0.2, 0.25) is 0 Å². The van der Waals surface area contributed by atoms with Crippen molar-refractivity contribution in [2.75, 3.05) is 12.9 Å². The van der Waals surface area contributed by atoms with Crippen LogP contribution in [0, 0.1) is 0 Å². The molecule has 0 atom stereocenters. The summed E-state index contributed by atoms with van der Waals surface area (Å²) in [6, 6.07) is 0.175. The number of thioether (sulfide) groups is 1. The van der Waals surface area contributed by atoms with E-state index in [1.165, 1.54) is 11.8 Å². The smallest absolute Gasteiger partial charge is 0.313 e. The van der Waals surface area contributed by atoms with Crippen molar-refractivity contribution < 1.29 is 14.6 Å². The van der Waals surface area contributed by atoms with E-state index in [0.717, 1.165) is 5.82 Å². The van der Waals surface area contributed by atoms with E-state index in [0.29, 0.717) is 11.6 Å². The van der Waals surface area contributed by atoms with Gasteiger partial charge in [0.25, 0.3) is 0 Å². The zero-order valence-corrected chi connectivity index (χ0v) is 12.8. The van der Waals surface area contributed by atoms with Gasteiger partial charge in [-0.2, -0.15) is 0 Å². The Morgan fingerprint density at radius 1 is 1.47 bits per heavy atom. The molecule has 1 heterocycles. The SMILES string of the molecule is COC(C)(C)Cc1nnc(SCC(=O)O)n1C(C)C. The van der Waals surface area contributed by atoms with Gasteiger partial charge >= 0.3 is 5.97 Å². The minimum atomic E-state index is -0.859. The van der Waals surface area contributed by atoms with Gasteiger partial charge in [-0.15, -0.1) is 10.2 Å². The monoisotopic (exact) mass is 287 g/mol. The lowest BCUT2D eigenvalue weighted by atomic mass is 10.0. The molecule has 1 aromatic rings. The second-order valence-corrected chi connectivity index (χ2v) is 6.13. The number of aliphatic carboxylic acids is 1. The Morgan fingerprint density at radius 3 is 2.58 bits per heavy atom. The van der Waals surface area contributed by atoms with Crippen LogP contribution in [0.25, 0.3) is 0 Å². The van der Waals surface area contributed by atoms with Gasteiger partial charge < -0.3 is 14.4 Å². The molecule has 0 aliphatic carbocycles. The van der Waals surface area contributed by atoms with E-state index in [2.05, 4.69) is 10.2 Å². The van der Waals surface area contributed by atoms with Gasteiger partial charge in [0.05, 0.1) is 11.4 Å². The standard InChI is InChI=1S/C12H21N3O3S/c1-8(2)15-9(6-12(3,4)18-5)13-14-11(15)19-7-10(16)17/h8H,6-7H2,1-5H3,(H,16,17). The van der Waals surface area contributed by atoms with Gasteiger partial charge in [0, 0.05) is 19.6 Å². The fourth-order valence-electron chi connectivity index (χ4n) is 1.62. The number of hydrogen-bond donors (Lipinski definition) is 1. The van der Waals surface area contributed by atoms with Gasteiger partial charge in [-0.05, 0) is 27.7 Å². The Kier molecular flexibility index (Phi) is 5.37. The van der Waals surface area contributed by atoms with E-state index in [-0.39, 0.29) is 17.4 Å². The summed E-state index contributed by atoms with van der Waals surface area (Å²) in [6.07, 6.45) is 0.627. The largest absolute Gasteiger partial charge is 0.481 e. The first-order valence-corrected chi connectivity index (χ1v) is 7.09. The van der Waals surface area contributed by atoms with E-state index in [1.54, 1.807) is 7.11 Å². The number of rotatable bonds is 7. The third kappa shape index (κ3) is 4.50. The van der Waals surface area contributed by atoms with Crippen molar-refractivity contribution in [1.82, 2.24) is 14.8 Å². The Labute approximate surface area is 117 Å². The van der Waals surface area contributed by atoms with Gasteiger partial charge in [-0.25, -0.2) is 0 Å². The number of hydrogen-bond acceptors (Lipinski definition) is 5. The minimum Gasteiger partial charge on any atom is -0.481 e. The summed E-state index contributed by atoms with van der Waals surface area (Å²) in [6.45, 7) is 8.02. The number of aromatic nitrogens is 3. The zero-order valence-electron chi connectivity index (χ0n) is 12.0. The second kappa shape index (κ2) is 6.38. The molecular weight excluding hydrogens is 266 g/mol. The lowest BCUT2D eigenvalue weighted by Gasteiger charge is -2.23. The maximum atomic E-state index is 10.6. The van der Waals surface area contributed by atoms with Crippen LogP contribution < -0.4 is 0 Å². The zero-order chi connectivity index (χ0) is 14.6. The number of methoxy groups -OCH3 is 1. The Morgan fingerprint density at radius 2 is 2.11 bits per heavy atom. The molecule has 0 saturated heterocycles. The quantitative estimate of drug-likeness (QED) is 0.773. The number of carboxylic acids is 1. The molecule has 1 N–H and O–H groups in total. The average Bonchev–Trinajstić information content (AvgIpc) is 2.68. The molecule has 6 nitrogen and oxygen atoms in total. The molecule has 0 spiro atoms. The molecule has 0 fully saturated rings. The Hall–Kier alpha value is -1.08. The van der Waals surface area contributed by atoms with Crippen LogP contribution in [-0.4, -0.2) is 44.3 Å². The van der Waals surface area contributed by atoms with Crippen LogP contribution in [0.4, 0.5) is 0 Å². The maximum Gasteiger partial charge on any atom is 0.313 e. The van der Waals surface area contributed by atoms with Gasteiger partial charge in [0.1, 0.15) is 5.82 Å². The first-order valence-electron chi connectivity index (χ1n) is 6.10. The number of carboxylic acid groups (broad SMARTS) is 1. The first kappa shape index (κ1) is 16.0. The molecule has 0 saturated carbocycles. The van der Waals surface area contributed by atoms with E-state index < -0.39 is 5.97 Å². The highest BCUT2D eigenvalue weighted by molar-refractivity contribution is 7.99. The fraction of sp³-hybridized carbons (Fsp3) is 0.750. The molecule has 108 valence electrons. The van der Waals surface area contributed by atoms with Crippen LogP contribution in [0.5, 0.6) is 0 Å². The molecule has 19 heavy (non-hydrogen) atoms. The van der Waals surface area contributed by atoms with Gasteiger partial charge in [0.15, 0.2) is 5.16 Å². The molecule has 0 amide bonds. The summed E-state index contributed by atoms with van der Waals surface area (Å²) >= 11 is 1.19. The predicted octanol–water partition coefficient (Wildman–Crippen LogP) is 2.00. The molecule has 7 heteroatoms. The topological polar surface area (TPSA) is 77.2 Å². The van der Waals surface area contributed by atoms with Crippen LogP contribution in [0.3, 0.4) is 0 Å². The first-order chi connectivity index (χ1) is 8.76. The summed E-state index contributed by atoms with van der Waals surface area (Å²) in [5.41, 5.74) is -0.325. The average molecular weight is 287 g/mol. The van der Waals surface area contributed by atoms with Crippen molar-refractivity contribution in [2.45, 2.75) is 50.9 Å². The minimum absolute atomic E-state index is 0.0154. The van der Waals surface area contributed by atoms with Gasteiger partial charge in [-0.1, -0.05) is 11.8 Å². The Bertz CT molecular complexity index is 443. The molecular formula is C12H21N3O3S. The molecule has 1 aromatic heterocycles. The molecule has 0 aromatic carbocycles. The van der Waals surface area contributed by atoms with E-state index in [4.69, 9.17) is 9.84 Å². The molecule has 0 aliphatic rings.